The fraction of sp³-hybridized carbons (Fsp3) is 0.250. The van der Waals surface area contributed by atoms with E-state index >= 15 is 0 Å². The number of aliphatic hydroxyl groups excluding tert-OH is 1. The van der Waals surface area contributed by atoms with E-state index in [2.05, 4.69) is 16.0 Å². The SMILES string of the molecule is OCc1ncc(-c2ccc3c(c2)CCO3)[nH]1. The summed E-state index contributed by atoms with van der Waals surface area (Å²) in [4.78, 5) is 7.14. The van der Waals surface area contributed by atoms with Crippen molar-refractivity contribution in [1.29, 1.82) is 0 Å². The summed E-state index contributed by atoms with van der Waals surface area (Å²) in [7, 11) is 0. The minimum atomic E-state index is -0.0615. The number of H-pyrrole nitrogens is 1. The molecule has 16 heavy (non-hydrogen) atoms. The van der Waals surface area contributed by atoms with Crippen LogP contribution in [0, 0.1) is 0 Å². The van der Waals surface area contributed by atoms with Gasteiger partial charge in [-0.15, -0.1) is 0 Å². The zero-order valence-corrected chi connectivity index (χ0v) is 8.73. The average Bonchev–Trinajstić information content (AvgIpc) is 2.96. The lowest BCUT2D eigenvalue weighted by Gasteiger charge is -2.01. The molecule has 0 radical (unpaired) electrons. The van der Waals surface area contributed by atoms with Crippen molar-refractivity contribution in [3.05, 3.63) is 35.8 Å². The number of aromatic nitrogens is 2. The molecule has 0 aliphatic carbocycles. The van der Waals surface area contributed by atoms with Crippen LogP contribution in [0.1, 0.15) is 11.4 Å². The molecule has 0 fully saturated rings. The van der Waals surface area contributed by atoms with Crippen molar-refractivity contribution in [3.63, 3.8) is 0 Å². The summed E-state index contributed by atoms with van der Waals surface area (Å²) >= 11 is 0. The standard InChI is InChI=1S/C12H12N2O2/c15-7-12-13-6-10(14-12)8-1-2-11-9(5-8)3-4-16-11/h1-2,5-6,15H,3-4,7H2,(H,13,14). The van der Waals surface area contributed by atoms with Gasteiger partial charge in [0.15, 0.2) is 0 Å². The monoisotopic (exact) mass is 216 g/mol. The van der Waals surface area contributed by atoms with Crippen molar-refractivity contribution in [1.82, 2.24) is 9.97 Å². The van der Waals surface area contributed by atoms with Gasteiger partial charge in [0.2, 0.25) is 0 Å². The molecule has 1 aliphatic heterocycles. The Kier molecular flexibility index (Phi) is 2.15. The van der Waals surface area contributed by atoms with Gasteiger partial charge in [0.25, 0.3) is 0 Å². The van der Waals surface area contributed by atoms with Crippen LogP contribution in [-0.2, 0) is 13.0 Å². The first-order valence-corrected chi connectivity index (χ1v) is 5.27. The van der Waals surface area contributed by atoms with Crippen LogP contribution < -0.4 is 4.74 Å². The van der Waals surface area contributed by atoms with Crippen LogP contribution in [0.25, 0.3) is 11.3 Å². The first kappa shape index (κ1) is 9.42. The van der Waals surface area contributed by atoms with E-state index in [4.69, 9.17) is 9.84 Å². The molecule has 4 nitrogen and oxygen atoms in total. The van der Waals surface area contributed by atoms with Gasteiger partial charge in [-0.1, -0.05) is 0 Å². The molecule has 0 saturated carbocycles. The van der Waals surface area contributed by atoms with E-state index in [0.29, 0.717) is 5.82 Å². The number of imidazole rings is 1. The van der Waals surface area contributed by atoms with Crippen molar-refractivity contribution in [2.24, 2.45) is 0 Å². The van der Waals surface area contributed by atoms with Crippen molar-refractivity contribution in [2.75, 3.05) is 6.61 Å². The second-order valence-corrected chi connectivity index (χ2v) is 3.82. The lowest BCUT2D eigenvalue weighted by Crippen LogP contribution is -1.85. The third-order valence-corrected chi connectivity index (χ3v) is 2.78. The van der Waals surface area contributed by atoms with Gasteiger partial charge in [-0.25, -0.2) is 4.98 Å². The molecular formula is C12H12N2O2. The van der Waals surface area contributed by atoms with Gasteiger partial charge >= 0.3 is 0 Å². The molecule has 1 aliphatic rings. The van der Waals surface area contributed by atoms with Crippen molar-refractivity contribution >= 4 is 0 Å². The van der Waals surface area contributed by atoms with Gasteiger partial charge in [-0.3, -0.25) is 0 Å². The number of benzene rings is 1. The normalized spacial score (nSPS) is 13.6. The number of aromatic amines is 1. The molecule has 3 rings (SSSR count). The summed E-state index contributed by atoms with van der Waals surface area (Å²) in [5, 5.41) is 8.94. The Morgan fingerprint density at radius 3 is 3.19 bits per heavy atom. The maximum absolute atomic E-state index is 8.94. The zero-order valence-electron chi connectivity index (χ0n) is 8.73. The lowest BCUT2D eigenvalue weighted by atomic mass is 10.1. The topological polar surface area (TPSA) is 58.1 Å². The van der Waals surface area contributed by atoms with Crippen LogP contribution in [0.3, 0.4) is 0 Å². The largest absolute Gasteiger partial charge is 0.493 e. The molecule has 0 saturated heterocycles. The molecule has 2 aromatic rings. The minimum Gasteiger partial charge on any atom is -0.493 e. The van der Waals surface area contributed by atoms with Gasteiger partial charge in [-0.05, 0) is 23.8 Å². The maximum atomic E-state index is 8.94. The summed E-state index contributed by atoms with van der Waals surface area (Å²) in [6.45, 7) is 0.706. The molecule has 0 atom stereocenters. The second kappa shape index (κ2) is 3.64. The smallest absolute Gasteiger partial charge is 0.132 e. The molecule has 0 spiro atoms. The van der Waals surface area contributed by atoms with Crippen molar-refractivity contribution < 1.29 is 9.84 Å². The zero-order chi connectivity index (χ0) is 11.0. The Labute approximate surface area is 92.9 Å². The highest BCUT2D eigenvalue weighted by molar-refractivity contribution is 5.62. The minimum absolute atomic E-state index is 0.0615. The predicted octanol–water partition coefficient (Wildman–Crippen LogP) is 1.50. The number of ether oxygens (including phenoxy) is 1. The molecule has 0 bridgehead atoms. The van der Waals surface area contributed by atoms with Crippen molar-refractivity contribution in [2.45, 2.75) is 13.0 Å². The molecule has 82 valence electrons. The second-order valence-electron chi connectivity index (χ2n) is 3.82. The first-order valence-electron chi connectivity index (χ1n) is 5.27. The number of fused-ring (bicyclic) bond motifs is 1. The molecule has 2 heterocycles. The van der Waals surface area contributed by atoms with E-state index in [1.165, 1.54) is 5.56 Å². The third-order valence-electron chi connectivity index (χ3n) is 2.78. The van der Waals surface area contributed by atoms with Crippen LogP contribution in [0.4, 0.5) is 0 Å². The number of aliphatic hydroxyl groups is 1. The van der Waals surface area contributed by atoms with Crippen LogP contribution in [0.15, 0.2) is 24.4 Å². The van der Waals surface area contributed by atoms with Gasteiger partial charge < -0.3 is 14.8 Å². The van der Waals surface area contributed by atoms with Gasteiger partial charge in [-0.2, -0.15) is 0 Å². The van der Waals surface area contributed by atoms with Crippen LogP contribution >= 0.6 is 0 Å². The number of nitrogens with one attached hydrogen (secondary N) is 1. The fourth-order valence-electron chi connectivity index (χ4n) is 1.94. The molecule has 1 aromatic carbocycles. The molecule has 0 unspecified atom stereocenters. The molecule has 0 amide bonds. The van der Waals surface area contributed by atoms with E-state index in [9.17, 15) is 0 Å². The fourth-order valence-corrected chi connectivity index (χ4v) is 1.94. The van der Waals surface area contributed by atoms with E-state index in [1.807, 2.05) is 12.1 Å². The van der Waals surface area contributed by atoms with Gasteiger partial charge in [0.1, 0.15) is 18.2 Å². The molecule has 4 heteroatoms. The quantitative estimate of drug-likeness (QED) is 0.799. The Hall–Kier alpha value is -1.81. The van der Waals surface area contributed by atoms with E-state index in [-0.39, 0.29) is 6.61 Å². The Bertz CT molecular complexity index is 519. The predicted molar refractivity (Wildman–Crippen MR) is 59.1 cm³/mol. The molecule has 2 N–H and O–H groups in total. The van der Waals surface area contributed by atoms with Gasteiger partial charge in [0.05, 0.1) is 18.5 Å². The Morgan fingerprint density at radius 1 is 1.44 bits per heavy atom. The summed E-state index contributed by atoms with van der Waals surface area (Å²) in [5.74, 6) is 1.57. The summed E-state index contributed by atoms with van der Waals surface area (Å²) in [5.41, 5.74) is 3.24. The van der Waals surface area contributed by atoms with Crippen LogP contribution in [0.2, 0.25) is 0 Å². The van der Waals surface area contributed by atoms with Crippen molar-refractivity contribution in [3.8, 4) is 17.0 Å². The number of nitrogens with zero attached hydrogens (tertiary/aromatic N) is 1. The molecule has 1 aromatic heterocycles. The van der Waals surface area contributed by atoms with E-state index < -0.39 is 0 Å². The highest BCUT2D eigenvalue weighted by Crippen LogP contribution is 2.29. The summed E-state index contributed by atoms with van der Waals surface area (Å²) in [6.07, 6.45) is 2.70. The lowest BCUT2D eigenvalue weighted by molar-refractivity contribution is 0.272. The number of rotatable bonds is 2. The Balaban J connectivity index is 2.00. The van der Waals surface area contributed by atoms with Crippen LogP contribution in [0.5, 0.6) is 5.75 Å². The molecular weight excluding hydrogens is 204 g/mol. The van der Waals surface area contributed by atoms with E-state index in [1.54, 1.807) is 6.20 Å². The van der Waals surface area contributed by atoms with Gasteiger partial charge in [0, 0.05) is 12.0 Å². The summed E-state index contributed by atoms with van der Waals surface area (Å²) in [6, 6.07) is 6.09. The Morgan fingerprint density at radius 2 is 2.38 bits per heavy atom. The summed E-state index contributed by atoms with van der Waals surface area (Å²) < 4.78 is 5.45. The maximum Gasteiger partial charge on any atom is 0.132 e. The first-order chi connectivity index (χ1) is 7.86. The van der Waals surface area contributed by atoms with Crippen LogP contribution in [-0.4, -0.2) is 21.7 Å². The average molecular weight is 216 g/mol. The highest BCUT2D eigenvalue weighted by atomic mass is 16.5. The highest BCUT2D eigenvalue weighted by Gasteiger charge is 2.13. The number of hydrogen-bond acceptors (Lipinski definition) is 3. The number of hydrogen-bond donors (Lipinski definition) is 2. The van der Waals surface area contributed by atoms with E-state index in [0.717, 1.165) is 30.0 Å². The third kappa shape index (κ3) is 1.47.